The molecule has 2 heteroatoms. The van der Waals surface area contributed by atoms with E-state index in [1.807, 2.05) is 0 Å². The van der Waals surface area contributed by atoms with E-state index < -0.39 is 6.29 Å². The highest BCUT2D eigenvalue weighted by Gasteiger charge is 2.73. The minimum absolute atomic E-state index is 0.0263. The van der Waals surface area contributed by atoms with Crippen LogP contribution < -0.4 is 0 Å². The van der Waals surface area contributed by atoms with Crippen LogP contribution in [0.15, 0.2) is 12.7 Å². The van der Waals surface area contributed by atoms with Gasteiger partial charge in [0.2, 0.25) is 0 Å². The molecular formula is C20H32O2. The Balaban J connectivity index is 1.77. The topological polar surface area (TPSA) is 29.5 Å². The molecule has 1 aliphatic heterocycles. The molecular weight excluding hydrogens is 272 g/mol. The molecule has 0 aromatic heterocycles. The smallest absolute Gasteiger partial charge is 0.161 e. The Labute approximate surface area is 135 Å². The molecule has 3 aliphatic carbocycles. The van der Waals surface area contributed by atoms with Crippen molar-refractivity contribution in [1.82, 2.24) is 0 Å². The van der Waals surface area contributed by atoms with Gasteiger partial charge < -0.3 is 9.84 Å². The fourth-order valence-electron chi connectivity index (χ4n) is 6.95. The van der Waals surface area contributed by atoms with Crippen LogP contribution in [0, 0.1) is 28.1 Å². The van der Waals surface area contributed by atoms with Crippen LogP contribution in [0.3, 0.4) is 0 Å². The molecule has 1 saturated heterocycles. The summed E-state index contributed by atoms with van der Waals surface area (Å²) in [7, 11) is 0. The monoisotopic (exact) mass is 304 g/mol. The molecule has 6 atom stereocenters. The number of hydrogen-bond donors (Lipinski definition) is 1. The first-order chi connectivity index (χ1) is 10.3. The van der Waals surface area contributed by atoms with Crippen LogP contribution in [0.25, 0.3) is 0 Å². The van der Waals surface area contributed by atoms with Gasteiger partial charge in [0.15, 0.2) is 6.29 Å². The van der Waals surface area contributed by atoms with E-state index in [1.165, 1.54) is 32.1 Å². The molecule has 3 saturated carbocycles. The van der Waals surface area contributed by atoms with Crippen molar-refractivity contribution < 1.29 is 9.84 Å². The van der Waals surface area contributed by atoms with Crippen LogP contribution in [0.2, 0.25) is 0 Å². The average molecular weight is 304 g/mol. The van der Waals surface area contributed by atoms with E-state index in [4.69, 9.17) is 4.74 Å². The summed E-state index contributed by atoms with van der Waals surface area (Å²) in [5.41, 5.74) is 0.411. The summed E-state index contributed by atoms with van der Waals surface area (Å²) in [6, 6.07) is 0. The maximum atomic E-state index is 11.0. The highest BCUT2D eigenvalue weighted by Crippen LogP contribution is 2.73. The SMILES string of the molecule is C=CC1(C)CCC23C(CCC4(OC2O)C3CCCC4(C)C)C1. The van der Waals surface area contributed by atoms with E-state index in [9.17, 15) is 5.11 Å². The van der Waals surface area contributed by atoms with Gasteiger partial charge in [-0.2, -0.15) is 0 Å². The average Bonchev–Trinajstić information content (AvgIpc) is 2.64. The zero-order valence-corrected chi connectivity index (χ0v) is 14.5. The van der Waals surface area contributed by atoms with Gasteiger partial charge in [-0.15, -0.1) is 6.58 Å². The van der Waals surface area contributed by atoms with Gasteiger partial charge in [-0.1, -0.05) is 33.3 Å². The van der Waals surface area contributed by atoms with Gasteiger partial charge in [-0.05, 0) is 67.6 Å². The lowest BCUT2D eigenvalue weighted by atomic mass is 9.43. The van der Waals surface area contributed by atoms with Gasteiger partial charge in [0, 0.05) is 5.41 Å². The number of aliphatic hydroxyl groups excluding tert-OH is 1. The number of aliphatic hydroxyl groups is 1. The predicted molar refractivity (Wildman–Crippen MR) is 88.3 cm³/mol. The van der Waals surface area contributed by atoms with E-state index in [0.29, 0.717) is 11.8 Å². The second kappa shape index (κ2) is 4.39. The van der Waals surface area contributed by atoms with Crippen molar-refractivity contribution in [2.45, 2.75) is 84.0 Å². The molecule has 4 fully saturated rings. The van der Waals surface area contributed by atoms with Crippen LogP contribution in [0.1, 0.15) is 72.1 Å². The maximum Gasteiger partial charge on any atom is 0.161 e. The van der Waals surface area contributed by atoms with E-state index in [1.54, 1.807) is 0 Å². The Morgan fingerprint density at radius 2 is 1.86 bits per heavy atom. The Bertz CT molecular complexity index is 498. The maximum absolute atomic E-state index is 11.0. The normalized spacial score (nSPS) is 56.1. The van der Waals surface area contributed by atoms with E-state index in [2.05, 4.69) is 33.4 Å². The fourth-order valence-corrected chi connectivity index (χ4v) is 6.95. The first kappa shape index (κ1) is 15.2. The fraction of sp³-hybridized carbons (Fsp3) is 0.900. The highest BCUT2D eigenvalue weighted by molar-refractivity contribution is 5.20. The van der Waals surface area contributed by atoms with Crippen LogP contribution in [0.5, 0.6) is 0 Å². The van der Waals surface area contributed by atoms with Crippen molar-refractivity contribution in [3.8, 4) is 0 Å². The molecule has 1 N–H and O–H groups in total. The first-order valence-electron chi connectivity index (χ1n) is 9.29. The van der Waals surface area contributed by atoms with Gasteiger partial charge in [-0.25, -0.2) is 0 Å². The highest BCUT2D eigenvalue weighted by atomic mass is 16.6. The largest absolute Gasteiger partial charge is 0.367 e. The first-order valence-corrected chi connectivity index (χ1v) is 9.29. The van der Waals surface area contributed by atoms with Gasteiger partial charge in [0.05, 0.1) is 5.60 Å². The van der Waals surface area contributed by atoms with Crippen molar-refractivity contribution in [2.24, 2.45) is 28.1 Å². The molecule has 0 aromatic carbocycles. The Hall–Kier alpha value is -0.340. The summed E-state index contributed by atoms with van der Waals surface area (Å²) < 4.78 is 6.48. The second-order valence-electron chi connectivity index (χ2n) is 9.60. The van der Waals surface area contributed by atoms with Gasteiger partial charge in [0.1, 0.15) is 0 Å². The van der Waals surface area contributed by atoms with Crippen molar-refractivity contribution >= 4 is 0 Å². The number of allylic oxidation sites excluding steroid dienone is 1. The van der Waals surface area contributed by atoms with Crippen LogP contribution in [-0.2, 0) is 4.74 Å². The van der Waals surface area contributed by atoms with Crippen LogP contribution in [0.4, 0.5) is 0 Å². The molecule has 0 amide bonds. The Kier molecular flexibility index (Phi) is 3.03. The third-order valence-corrected chi connectivity index (χ3v) is 8.39. The summed E-state index contributed by atoms with van der Waals surface area (Å²) in [5.74, 6) is 1.17. The predicted octanol–water partition coefficient (Wildman–Crippen LogP) is 4.67. The van der Waals surface area contributed by atoms with Crippen molar-refractivity contribution in [3.63, 3.8) is 0 Å². The number of rotatable bonds is 1. The molecule has 4 aliphatic rings. The van der Waals surface area contributed by atoms with Gasteiger partial charge in [0.25, 0.3) is 0 Å². The zero-order chi connectivity index (χ0) is 15.8. The lowest BCUT2D eigenvalue weighted by Crippen LogP contribution is -2.60. The van der Waals surface area contributed by atoms with E-state index >= 15 is 0 Å². The number of hydrogen-bond acceptors (Lipinski definition) is 2. The van der Waals surface area contributed by atoms with E-state index in [0.717, 1.165) is 19.3 Å². The zero-order valence-electron chi connectivity index (χ0n) is 14.5. The Morgan fingerprint density at radius 1 is 1.09 bits per heavy atom. The number of ether oxygens (including phenoxy) is 1. The molecule has 0 radical (unpaired) electrons. The minimum atomic E-state index is -0.545. The molecule has 1 spiro atoms. The third-order valence-electron chi connectivity index (χ3n) is 8.39. The van der Waals surface area contributed by atoms with Crippen molar-refractivity contribution in [3.05, 3.63) is 12.7 Å². The molecule has 4 rings (SSSR count). The molecule has 2 bridgehead atoms. The second-order valence-corrected chi connectivity index (χ2v) is 9.60. The molecule has 0 aromatic rings. The van der Waals surface area contributed by atoms with Gasteiger partial charge in [-0.3, -0.25) is 0 Å². The van der Waals surface area contributed by atoms with Crippen molar-refractivity contribution in [1.29, 1.82) is 0 Å². The summed E-state index contributed by atoms with van der Waals surface area (Å²) in [6.45, 7) is 11.2. The lowest BCUT2D eigenvalue weighted by Gasteiger charge is -2.60. The summed E-state index contributed by atoms with van der Waals surface area (Å²) in [4.78, 5) is 0. The van der Waals surface area contributed by atoms with Crippen LogP contribution in [-0.4, -0.2) is 17.0 Å². The molecule has 2 nitrogen and oxygen atoms in total. The molecule has 1 heterocycles. The Morgan fingerprint density at radius 3 is 2.59 bits per heavy atom. The van der Waals surface area contributed by atoms with E-state index in [-0.39, 0.29) is 21.8 Å². The lowest BCUT2D eigenvalue weighted by molar-refractivity contribution is -0.203. The summed E-state index contributed by atoms with van der Waals surface area (Å²) in [5, 5.41) is 11.0. The molecule has 22 heavy (non-hydrogen) atoms. The summed E-state index contributed by atoms with van der Waals surface area (Å²) >= 11 is 0. The standard InChI is InChI=1S/C20H32O2/c1-5-18(4)11-12-19-14(13-18)8-10-20(22-16(19)21)15(19)7-6-9-17(20,2)3/h5,14-16,21H,1,6-13H2,2-4H3. The quantitative estimate of drug-likeness (QED) is 0.713. The van der Waals surface area contributed by atoms with Crippen LogP contribution >= 0.6 is 0 Å². The van der Waals surface area contributed by atoms with Crippen molar-refractivity contribution in [2.75, 3.05) is 0 Å². The third kappa shape index (κ3) is 1.59. The summed E-state index contributed by atoms with van der Waals surface area (Å²) in [6.07, 6.45) is 11.2. The van der Waals surface area contributed by atoms with Gasteiger partial charge >= 0.3 is 0 Å². The molecule has 124 valence electrons. The minimum Gasteiger partial charge on any atom is -0.367 e. The molecule has 6 unspecified atom stereocenters.